The standard InChI is InChI=1S/C43H41N.C39H39N.C25H26FN/c1-28-26-37-34-19-13-14-22-38(34)43(6,7)39(37)27-36(28)33-24-25-41(35-20-12-11-18-32(33)35)44(42(3,4)5)40-23-15-21-31(29(40)2)30-16-9-8-10-17-30;1-26-24-33-30-18-11-13-21-34(30)39(6,7)35(33)25-32(26)31-19-12-14-22-37(31)40(38(3,4)5)36-23-15-20-29(27(36)2)28-16-9-8-10-17-28;1-24(2,3)27(17-11-7-6-8-12-17)23-16-21-19(15-22(23)26)18-13-9-10-14-20(18)25(21,4)5/h8-27H,1-7H3;8-25H,1-7H3;6-16H,1-5H3/i1D3,2D3;;. The number of fused-ring (bicyclic) bond motifs is 10. The maximum atomic E-state index is 15.4. The third-order valence-electron chi connectivity index (χ3n) is 23.4. The van der Waals surface area contributed by atoms with E-state index in [1.165, 1.54) is 83.7 Å². The summed E-state index contributed by atoms with van der Waals surface area (Å²) in [7, 11) is 0. The Balaban J connectivity index is 0.000000144. The van der Waals surface area contributed by atoms with Gasteiger partial charge in [0.1, 0.15) is 5.82 Å². The van der Waals surface area contributed by atoms with Gasteiger partial charge in [0.25, 0.3) is 0 Å². The van der Waals surface area contributed by atoms with Crippen LogP contribution in [0.5, 0.6) is 0 Å². The van der Waals surface area contributed by atoms with Gasteiger partial charge in [-0.25, -0.2) is 4.39 Å². The molecule has 0 fully saturated rings. The van der Waals surface area contributed by atoms with Crippen molar-refractivity contribution in [1.29, 1.82) is 0 Å². The summed E-state index contributed by atoms with van der Waals surface area (Å²) < 4.78 is 67.7. The van der Waals surface area contributed by atoms with Crippen molar-refractivity contribution in [1.82, 2.24) is 0 Å². The Morgan fingerprint density at radius 3 is 1.14 bits per heavy atom. The summed E-state index contributed by atoms with van der Waals surface area (Å²) in [4.78, 5) is 6.76. The molecule has 0 spiro atoms. The van der Waals surface area contributed by atoms with Crippen molar-refractivity contribution in [3.8, 4) is 77.9 Å². The van der Waals surface area contributed by atoms with E-state index in [-0.39, 0.29) is 33.1 Å². The number of rotatable bonds is 10. The number of para-hydroxylation sites is 2. The van der Waals surface area contributed by atoms with Crippen LogP contribution < -0.4 is 14.7 Å². The number of hydrogen-bond acceptors (Lipinski definition) is 3. The molecular weight excluding hydrogens is 1350 g/mol. The molecule has 4 heteroatoms. The van der Waals surface area contributed by atoms with Gasteiger partial charge >= 0.3 is 0 Å². The SMILES string of the molecule is CC1(C)c2ccccc2-c2cc(F)c(N(c3ccccc3)C(C)(C)C)cc21.Cc1cc2c(cc1-c1ccccc1N(c1cccc(-c3ccccc3)c1C)C(C)(C)C)C(C)(C)c1ccccc1-2.[2H]C([2H])([2H])c1cc2c(cc1-c1ccc(N(c3cccc(-c4ccccc4)c3C([2H])([2H])[2H])C(C)(C)C)c3ccccc13)C(C)(C)c1ccccc1-2. The Morgan fingerprint density at radius 1 is 0.261 bits per heavy atom. The largest absolute Gasteiger partial charge is 0.335 e. The number of nitrogens with zero attached hydrogens (tertiary/aromatic N) is 3. The highest BCUT2D eigenvalue weighted by Crippen LogP contribution is 2.56. The van der Waals surface area contributed by atoms with Crippen molar-refractivity contribution in [3.63, 3.8) is 0 Å². The van der Waals surface area contributed by atoms with Crippen LogP contribution in [0.25, 0.3) is 88.7 Å². The van der Waals surface area contributed by atoms with Crippen LogP contribution in [0.3, 0.4) is 0 Å². The Morgan fingerprint density at radius 2 is 0.640 bits per heavy atom. The van der Waals surface area contributed by atoms with Crippen LogP contribution in [0.15, 0.2) is 297 Å². The van der Waals surface area contributed by atoms with Gasteiger partial charge in [-0.15, -0.1) is 0 Å². The predicted molar refractivity (Wildman–Crippen MR) is 475 cm³/mol. The molecule has 0 saturated heterocycles. The lowest BCUT2D eigenvalue weighted by atomic mass is 9.80. The van der Waals surface area contributed by atoms with E-state index in [1.807, 2.05) is 140 Å². The topological polar surface area (TPSA) is 9.72 Å². The highest BCUT2D eigenvalue weighted by molar-refractivity contribution is 6.06. The van der Waals surface area contributed by atoms with Crippen molar-refractivity contribution in [2.45, 2.75) is 164 Å². The highest BCUT2D eigenvalue weighted by atomic mass is 19.1. The second kappa shape index (κ2) is 28.5. The third-order valence-corrected chi connectivity index (χ3v) is 23.4. The van der Waals surface area contributed by atoms with E-state index in [0.29, 0.717) is 33.6 Å². The molecule has 0 atom stereocenters. The molecule has 0 bridgehead atoms. The zero-order chi connectivity index (χ0) is 83.4. The van der Waals surface area contributed by atoms with E-state index < -0.39 is 19.2 Å². The van der Waals surface area contributed by atoms with E-state index in [9.17, 15) is 0 Å². The zero-order valence-electron chi connectivity index (χ0n) is 73.5. The van der Waals surface area contributed by atoms with Gasteiger partial charge in [0.2, 0.25) is 0 Å². The Kier molecular flexibility index (Phi) is 17.4. The van der Waals surface area contributed by atoms with E-state index in [0.717, 1.165) is 61.1 Å². The summed E-state index contributed by atoms with van der Waals surface area (Å²) in [6.07, 6.45) is 0. The summed E-state index contributed by atoms with van der Waals surface area (Å²) in [5.74, 6) is -0.181. The number of benzene rings is 14. The van der Waals surface area contributed by atoms with Gasteiger partial charge in [-0.05, 0) is 284 Å². The first-order chi connectivity index (χ1) is 55.3. The third kappa shape index (κ3) is 13.4. The maximum absolute atomic E-state index is 15.4. The monoisotopic (exact) mass is 1460 g/mol. The van der Waals surface area contributed by atoms with Gasteiger partial charge in [0.05, 0.1) is 5.69 Å². The Hall–Kier alpha value is -11.3. The first kappa shape index (κ1) is 67.8. The molecule has 556 valence electrons. The average molecular weight is 1460 g/mol. The van der Waals surface area contributed by atoms with Gasteiger partial charge in [-0.1, -0.05) is 278 Å². The van der Waals surface area contributed by atoms with Gasteiger partial charge < -0.3 is 14.7 Å². The van der Waals surface area contributed by atoms with Crippen molar-refractivity contribution in [3.05, 3.63) is 359 Å². The van der Waals surface area contributed by atoms with Crippen molar-refractivity contribution in [2.24, 2.45) is 0 Å². The molecular formula is C107H106FN3. The zero-order valence-corrected chi connectivity index (χ0v) is 67.5. The van der Waals surface area contributed by atoms with Crippen LogP contribution >= 0.6 is 0 Å². The maximum Gasteiger partial charge on any atom is 0.147 e. The van der Waals surface area contributed by atoms with Gasteiger partial charge in [-0.3, -0.25) is 0 Å². The van der Waals surface area contributed by atoms with Crippen LogP contribution in [0.2, 0.25) is 0 Å². The molecule has 0 radical (unpaired) electrons. The summed E-state index contributed by atoms with van der Waals surface area (Å²) in [6.45, 7) is 32.9. The normalized spacial score (nSPS) is 14.8. The Bertz CT molecular complexity index is 6130. The molecule has 3 aliphatic carbocycles. The van der Waals surface area contributed by atoms with Crippen molar-refractivity contribution < 1.29 is 12.6 Å². The predicted octanol–water partition coefficient (Wildman–Crippen LogP) is 30.0. The number of anilines is 6. The van der Waals surface area contributed by atoms with Crippen molar-refractivity contribution >= 4 is 44.9 Å². The smallest absolute Gasteiger partial charge is 0.147 e. The summed E-state index contributed by atoms with van der Waals surface area (Å²) in [6, 6.07) is 102. The molecule has 0 amide bonds. The van der Waals surface area contributed by atoms with Crippen molar-refractivity contribution in [2.75, 3.05) is 14.7 Å². The average Bonchev–Trinajstić information content (AvgIpc) is 1.66. The van der Waals surface area contributed by atoms with Gasteiger partial charge in [-0.2, -0.15) is 0 Å². The molecule has 17 rings (SSSR count). The second-order valence-electron chi connectivity index (χ2n) is 34.9. The van der Waals surface area contributed by atoms with Crippen LogP contribution in [0.4, 0.5) is 38.5 Å². The van der Waals surface area contributed by atoms with E-state index in [1.54, 1.807) is 6.07 Å². The van der Waals surface area contributed by atoms with Gasteiger partial charge in [0, 0.05) is 80.5 Å². The minimum absolute atomic E-state index is 0.0341. The molecule has 0 saturated carbocycles. The quantitative estimate of drug-likeness (QED) is 0.135. The highest BCUT2D eigenvalue weighted by Gasteiger charge is 2.41. The van der Waals surface area contributed by atoms with Crippen LogP contribution in [-0.4, -0.2) is 16.6 Å². The number of halogens is 1. The molecule has 3 nitrogen and oxygen atoms in total. The summed E-state index contributed by atoms with van der Waals surface area (Å²) >= 11 is 0. The fourth-order valence-electron chi connectivity index (χ4n) is 18.2. The first-order valence-electron chi connectivity index (χ1n) is 42.2. The molecule has 14 aromatic rings. The van der Waals surface area contributed by atoms with E-state index >= 15 is 4.39 Å². The molecule has 0 aliphatic heterocycles. The molecule has 0 heterocycles. The minimum Gasteiger partial charge on any atom is -0.335 e. The van der Waals surface area contributed by atoms with E-state index in [4.69, 9.17) is 8.22 Å². The lowest BCUT2D eigenvalue weighted by Crippen LogP contribution is -2.38. The van der Waals surface area contributed by atoms with Crippen LogP contribution in [0.1, 0.15) is 168 Å². The molecule has 3 aliphatic rings. The molecule has 111 heavy (non-hydrogen) atoms. The second-order valence-corrected chi connectivity index (χ2v) is 34.9. The minimum atomic E-state index is -2.40. The summed E-state index contributed by atoms with van der Waals surface area (Å²) in [5, 5.41) is 1.80. The lowest BCUT2D eigenvalue weighted by molar-refractivity contribution is 0.540. The summed E-state index contributed by atoms with van der Waals surface area (Å²) in [5.41, 5.74) is 30.0. The van der Waals surface area contributed by atoms with Gasteiger partial charge in [0.15, 0.2) is 0 Å². The molecule has 0 unspecified atom stereocenters. The number of hydrogen-bond donors (Lipinski definition) is 0. The van der Waals surface area contributed by atoms with Crippen LogP contribution in [0, 0.1) is 33.4 Å². The Labute approximate surface area is 669 Å². The molecule has 0 N–H and O–H groups in total. The lowest BCUT2D eigenvalue weighted by Gasteiger charge is -2.40. The fourth-order valence-corrected chi connectivity index (χ4v) is 18.2. The fraction of sp³-hybridized carbons (Fsp3) is 0.234. The molecule has 14 aromatic carbocycles. The van der Waals surface area contributed by atoms with Crippen LogP contribution in [-0.2, 0) is 16.2 Å². The van der Waals surface area contributed by atoms with E-state index in [2.05, 4.69) is 284 Å². The molecule has 0 aromatic heterocycles. The first-order valence-corrected chi connectivity index (χ1v) is 39.2. The number of aryl methyl sites for hydroxylation is 2.